The molecule has 0 saturated heterocycles. The molecule has 1 aromatic rings. The SMILES string of the molecule is CCCCCCC(=O)Nc1ccccc1C(=O)NCC. The van der Waals surface area contributed by atoms with E-state index in [1.54, 1.807) is 18.2 Å². The molecule has 0 aliphatic carbocycles. The first-order chi connectivity index (χ1) is 9.69. The molecule has 2 amide bonds. The van der Waals surface area contributed by atoms with Gasteiger partial charge in [-0.25, -0.2) is 0 Å². The molecule has 0 unspecified atom stereocenters. The molecule has 20 heavy (non-hydrogen) atoms. The van der Waals surface area contributed by atoms with E-state index in [9.17, 15) is 9.59 Å². The Hall–Kier alpha value is -1.84. The number of carbonyl (C=O) groups is 2. The van der Waals surface area contributed by atoms with Crippen LogP contribution in [0.25, 0.3) is 0 Å². The minimum Gasteiger partial charge on any atom is -0.352 e. The third-order valence-electron chi connectivity index (χ3n) is 3.04. The van der Waals surface area contributed by atoms with Crippen molar-refractivity contribution in [3.8, 4) is 0 Å². The smallest absolute Gasteiger partial charge is 0.253 e. The van der Waals surface area contributed by atoms with Gasteiger partial charge in [-0.1, -0.05) is 38.3 Å². The second kappa shape index (κ2) is 9.13. The van der Waals surface area contributed by atoms with E-state index in [2.05, 4.69) is 17.6 Å². The average molecular weight is 276 g/mol. The molecule has 4 heteroatoms. The molecule has 0 atom stereocenters. The Morgan fingerprint density at radius 1 is 1.05 bits per heavy atom. The minimum atomic E-state index is -0.158. The van der Waals surface area contributed by atoms with E-state index in [-0.39, 0.29) is 11.8 Å². The topological polar surface area (TPSA) is 58.2 Å². The third-order valence-corrected chi connectivity index (χ3v) is 3.04. The van der Waals surface area contributed by atoms with Gasteiger partial charge < -0.3 is 10.6 Å². The standard InChI is InChI=1S/C16H24N2O2/c1-3-5-6-7-12-15(19)18-14-11-9-8-10-13(14)16(20)17-4-2/h8-11H,3-7,12H2,1-2H3,(H,17,20)(H,18,19). The van der Waals surface area contributed by atoms with Gasteiger partial charge in [0.15, 0.2) is 0 Å². The summed E-state index contributed by atoms with van der Waals surface area (Å²) in [6.45, 7) is 4.58. The van der Waals surface area contributed by atoms with Crippen LogP contribution in [0.15, 0.2) is 24.3 Å². The lowest BCUT2D eigenvalue weighted by Crippen LogP contribution is -2.24. The molecule has 110 valence electrons. The van der Waals surface area contributed by atoms with E-state index in [0.717, 1.165) is 25.7 Å². The molecule has 1 rings (SSSR count). The summed E-state index contributed by atoms with van der Waals surface area (Å²) < 4.78 is 0. The Bertz CT molecular complexity index is 444. The highest BCUT2D eigenvalue weighted by Crippen LogP contribution is 2.15. The third kappa shape index (κ3) is 5.43. The Morgan fingerprint density at radius 3 is 2.50 bits per heavy atom. The fourth-order valence-corrected chi connectivity index (χ4v) is 1.97. The van der Waals surface area contributed by atoms with Gasteiger partial charge in [0.25, 0.3) is 5.91 Å². The molecule has 0 aromatic heterocycles. The van der Waals surface area contributed by atoms with Crippen LogP contribution < -0.4 is 10.6 Å². The molecule has 0 aliphatic rings. The quantitative estimate of drug-likeness (QED) is 0.715. The lowest BCUT2D eigenvalue weighted by Gasteiger charge is -2.10. The zero-order valence-corrected chi connectivity index (χ0v) is 12.4. The van der Waals surface area contributed by atoms with Gasteiger partial charge in [0, 0.05) is 13.0 Å². The highest BCUT2D eigenvalue weighted by atomic mass is 16.2. The zero-order chi connectivity index (χ0) is 14.8. The molecule has 1 aromatic carbocycles. The van der Waals surface area contributed by atoms with Gasteiger partial charge in [0.05, 0.1) is 11.3 Å². The number of amides is 2. The summed E-state index contributed by atoms with van der Waals surface area (Å²) in [4.78, 5) is 23.7. The second-order valence-corrected chi connectivity index (χ2v) is 4.76. The average Bonchev–Trinajstić information content (AvgIpc) is 2.44. The van der Waals surface area contributed by atoms with E-state index in [1.165, 1.54) is 0 Å². The number of hydrogen-bond donors (Lipinski definition) is 2. The number of anilines is 1. The molecular formula is C16H24N2O2. The van der Waals surface area contributed by atoms with Gasteiger partial charge in [0.1, 0.15) is 0 Å². The molecule has 0 heterocycles. The Balaban J connectivity index is 2.58. The molecule has 0 saturated carbocycles. The first kappa shape index (κ1) is 16.2. The Morgan fingerprint density at radius 2 is 1.80 bits per heavy atom. The van der Waals surface area contributed by atoms with Crippen molar-refractivity contribution >= 4 is 17.5 Å². The summed E-state index contributed by atoms with van der Waals surface area (Å²) in [5.74, 6) is -0.188. The minimum absolute atomic E-state index is 0.0298. The van der Waals surface area contributed by atoms with Gasteiger partial charge in [-0.3, -0.25) is 9.59 Å². The van der Waals surface area contributed by atoms with E-state index < -0.39 is 0 Å². The van der Waals surface area contributed by atoms with Crippen LogP contribution in [0, 0.1) is 0 Å². The summed E-state index contributed by atoms with van der Waals surface area (Å²) in [6.07, 6.45) is 4.78. The summed E-state index contributed by atoms with van der Waals surface area (Å²) >= 11 is 0. The maximum atomic E-state index is 11.9. The highest BCUT2D eigenvalue weighted by molar-refractivity contribution is 6.03. The molecule has 0 bridgehead atoms. The fraction of sp³-hybridized carbons (Fsp3) is 0.500. The van der Waals surface area contributed by atoms with Crippen LogP contribution in [0.5, 0.6) is 0 Å². The molecule has 4 nitrogen and oxygen atoms in total. The first-order valence-corrected chi connectivity index (χ1v) is 7.36. The molecule has 0 radical (unpaired) electrons. The maximum absolute atomic E-state index is 11.9. The van der Waals surface area contributed by atoms with Crippen LogP contribution >= 0.6 is 0 Å². The summed E-state index contributed by atoms with van der Waals surface area (Å²) in [6, 6.07) is 7.09. The normalized spacial score (nSPS) is 10.1. The lowest BCUT2D eigenvalue weighted by molar-refractivity contribution is -0.116. The van der Waals surface area contributed by atoms with Gasteiger partial charge in [-0.15, -0.1) is 0 Å². The Labute approximate surface area is 121 Å². The first-order valence-electron chi connectivity index (χ1n) is 7.36. The van der Waals surface area contributed by atoms with Crippen molar-refractivity contribution in [1.82, 2.24) is 5.32 Å². The number of unbranched alkanes of at least 4 members (excludes halogenated alkanes) is 3. The predicted molar refractivity (Wildman–Crippen MR) is 81.8 cm³/mol. The van der Waals surface area contributed by atoms with Crippen LogP contribution in [0.4, 0.5) is 5.69 Å². The van der Waals surface area contributed by atoms with Crippen molar-refractivity contribution in [2.45, 2.75) is 46.0 Å². The molecule has 2 N–H and O–H groups in total. The van der Waals surface area contributed by atoms with Crippen LogP contribution in [0.2, 0.25) is 0 Å². The molecular weight excluding hydrogens is 252 g/mol. The zero-order valence-electron chi connectivity index (χ0n) is 12.4. The van der Waals surface area contributed by atoms with Gasteiger partial charge in [0.2, 0.25) is 5.91 Å². The monoisotopic (exact) mass is 276 g/mol. The summed E-state index contributed by atoms with van der Waals surface area (Å²) in [7, 11) is 0. The number of nitrogens with one attached hydrogen (secondary N) is 2. The van der Waals surface area contributed by atoms with E-state index in [1.807, 2.05) is 13.0 Å². The molecule has 0 aliphatic heterocycles. The molecule has 0 spiro atoms. The van der Waals surface area contributed by atoms with Gasteiger partial charge in [-0.2, -0.15) is 0 Å². The summed E-state index contributed by atoms with van der Waals surface area (Å²) in [5, 5.41) is 5.57. The van der Waals surface area contributed by atoms with Crippen molar-refractivity contribution in [3.63, 3.8) is 0 Å². The van der Waals surface area contributed by atoms with Crippen molar-refractivity contribution in [2.75, 3.05) is 11.9 Å². The predicted octanol–water partition coefficient (Wildman–Crippen LogP) is 3.35. The maximum Gasteiger partial charge on any atom is 0.253 e. The fourth-order valence-electron chi connectivity index (χ4n) is 1.97. The number of para-hydroxylation sites is 1. The second-order valence-electron chi connectivity index (χ2n) is 4.76. The number of rotatable bonds is 8. The van der Waals surface area contributed by atoms with Gasteiger partial charge >= 0.3 is 0 Å². The largest absolute Gasteiger partial charge is 0.352 e. The van der Waals surface area contributed by atoms with Crippen molar-refractivity contribution in [1.29, 1.82) is 0 Å². The van der Waals surface area contributed by atoms with E-state index in [4.69, 9.17) is 0 Å². The van der Waals surface area contributed by atoms with Crippen molar-refractivity contribution in [2.24, 2.45) is 0 Å². The van der Waals surface area contributed by atoms with E-state index in [0.29, 0.717) is 24.2 Å². The number of hydrogen-bond acceptors (Lipinski definition) is 2. The number of carbonyl (C=O) groups excluding carboxylic acids is 2. The van der Waals surface area contributed by atoms with Crippen LogP contribution in [-0.2, 0) is 4.79 Å². The van der Waals surface area contributed by atoms with Crippen LogP contribution in [-0.4, -0.2) is 18.4 Å². The highest BCUT2D eigenvalue weighted by Gasteiger charge is 2.11. The van der Waals surface area contributed by atoms with Gasteiger partial charge in [-0.05, 0) is 25.5 Å². The summed E-state index contributed by atoms with van der Waals surface area (Å²) in [5.41, 5.74) is 1.09. The lowest BCUT2D eigenvalue weighted by atomic mass is 10.1. The van der Waals surface area contributed by atoms with Crippen LogP contribution in [0.3, 0.4) is 0 Å². The van der Waals surface area contributed by atoms with Crippen molar-refractivity contribution < 1.29 is 9.59 Å². The number of benzene rings is 1. The molecule has 0 fully saturated rings. The Kier molecular flexibility index (Phi) is 7.40. The van der Waals surface area contributed by atoms with Crippen molar-refractivity contribution in [3.05, 3.63) is 29.8 Å². The van der Waals surface area contributed by atoms with E-state index >= 15 is 0 Å². The van der Waals surface area contributed by atoms with Crippen LogP contribution in [0.1, 0.15) is 56.3 Å².